The molecule has 1 unspecified atom stereocenters. The summed E-state index contributed by atoms with van der Waals surface area (Å²) in [6, 6.07) is 9.34. The van der Waals surface area contributed by atoms with E-state index in [1.54, 1.807) is 29.2 Å². The Morgan fingerprint density at radius 1 is 1.10 bits per heavy atom. The summed E-state index contributed by atoms with van der Waals surface area (Å²) in [5.74, 6) is 1.71. The van der Waals surface area contributed by atoms with E-state index < -0.39 is 0 Å². The second-order valence-electron chi connectivity index (χ2n) is 6.81. The summed E-state index contributed by atoms with van der Waals surface area (Å²) in [6.07, 6.45) is -0.0601. The van der Waals surface area contributed by atoms with Crippen LogP contribution in [0.5, 0.6) is 23.0 Å². The summed E-state index contributed by atoms with van der Waals surface area (Å²) >= 11 is 0. The van der Waals surface area contributed by atoms with Crippen LogP contribution in [0, 0.1) is 5.82 Å². The molecule has 0 bridgehead atoms. The highest BCUT2D eigenvalue weighted by atomic mass is 19.1. The zero-order valence-electron chi connectivity index (χ0n) is 17.4. The van der Waals surface area contributed by atoms with Crippen molar-refractivity contribution in [1.29, 1.82) is 0 Å². The number of carbonyl (C=O) groups excluding carboxylic acids is 1. The lowest BCUT2D eigenvalue weighted by atomic mass is 10.1. The Hall–Kier alpha value is -3.00. The minimum Gasteiger partial charge on any atom is -0.493 e. The number of benzene rings is 2. The Bertz CT molecular complexity index is 832. The fourth-order valence-corrected chi connectivity index (χ4v) is 3.29. The van der Waals surface area contributed by atoms with E-state index in [4.69, 9.17) is 23.7 Å². The zero-order chi connectivity index (χ0) is 21.5. The molecule has 1 atom stereocenters. The Morgan fingerprint density at radius 3 is 2.37 bits per heavy atom. The van der Waals surface area contributed by atoms with Gasteiger partial charge in [0.1, 0.15) is 24.3 Å². The van der Waals surface area contributed by atoms with Crippen molar-refractivity contribution in [3.05, 3.63) is 47.8 Å². The lowest BCUT2D eigenvalue weighted by molar-refractivity contribution is -0.139. The molecule has 2 aromatic carbocycles. The number of carbonyl (C=O) groups is 1. The number of ether oxygens (including phenoxy) is 5. The first-order valence-electron chi connectivity index (χ1n) is 9.60. The van der Waals surface area contributed by atoms with Gasteiger partial charge in [-0.25, -0.2) is 4.39 Å². The molecule has 1 fully saturated rings. The molecule has 0 spiro atoms. The molecule has 0 aliphatic carbocycles. The number of hydrogen-bond donors (Lipinski definition) is 0. The van der Waals surface area contributed by atoms with Gasteiger partial charge in [-0.2, -0.15) is 0 Å². The zero-order valence-corrected chi connectivity index (χ0v) is 17.4. The molecule has 0 N–H and O–H groups in total. The van der Waals surface area contributed by atoms with E-state index in [1.165, 1.54) is 33.5 Å². The van der Waals surface area contributed by atoms with Crippen LogP contribution in [0.25, 0.3) is 0 Å². The van der Waals surface area contributed by atoms with Gasteiger partial charge in [0.05, 0.1) is 40.9 Å². The summed E-state index contributed by atoms with van der Waals surface area (Å²) in [5, 5.41) is 0. The van der Waals surface area contributed by atoms with Gasteiger partial charge in [-0.15, -0.1) is 0 Å². The van der Waals surface area contributed by atoms with Gasteiger partial charge in [-0.05, 0) is 42.0 Å². The van der Waals surface area contributed by atoms with E-state index in [2.05, 4.69) is 0 Å². The number of halogens is 1. The normalized spacial score (nSPS) is 16.1. The Morgan fingerprint density at radius 2 is 1.77 bits per heavy atom. The summed E-state index contributed by atoms with van der Waals surface area (Å²) in [4.78, 5) is 14.6. The second-order valence-corrected chi connectivity index (χ2v) is 6.81. The third-order valence-corrected chi connectivity index (χ3v) is 4.82. The van der Waals surface area contributed by atoms with Gasteiger partial charge < -0.3 is 28.6 Å². The molecule has 1 heterocycles. The molecule has 0 aromatic heterocycles. The fourth-order valence-electron chi connectivity index (χ4n) is 3.29. The number of nitrogens with zero attached hydrogens (tertiary/aromatic N) is 1. The van der Waals surface area contributed by atoms with E-state index in [-0.39, 0.29) is 30.9 Å². The van der Waals surface area contributed by atoms with Gasteiger partial charge in [0.25, 0.3) is 0 Å². The maximum Gasteiger partial charge on any atom is 0.227 e. The molecular formula is C22H26FNO6. The fraction of sp³-hybridized carbons (Fsp3) is 0.409. The molecule has 1 amide bonds. The molecule has 1 aliphatic rings. The minimum atomic E-state index is -0.320. The van der Waals surface area contributed by atoms with Gasteiger partial charge in [-0.1, -0.05) is 0 Å². The summed E-state index contributed by atoms with van der Waals surface area (Å²) in [6.45, 7) is 1.64. The van der Waals surface area contributed by atoms with Crippen LogP contribution in [0.15, 0.2) is 36.4 Å². The Kier molecular flexibility index (Phi) is 7.35. The summed E-state index contributed by atoms with van der Waals surface area (Å²) < 4.78 is 40.4. The van der Waals surface area contributed by atoms with Crippen molar-refractivity contribution >= 4 is 5.91 Å². The highest BCUT2D eigenvalue weighted by Crippen LogP contribution is 2.38. The summed E-state index contributed by atoms with van der Waals surface area (Å²) in [5.41, 5.74) is 0.764. The van der Waals surface area contributed by atoms with Crippen molar-refractivity contribution in [2.24, 2.45) is 0 Å². The van der Waals surface area contributed by atoms with Gasteiger partial charge in [-0.3, -0.25) is 4.79 Å². The van der Waals surface area contributed by atoms with Crippen LogP contribution in [0.3, 0.4) is 0 Å². The van der Waals surface area contributed by atoms with Crippen LogP contribution in [-0.4, -0.2) is 64.5 Å². The average Bonchev–Trinajstić information content (AvgIpc) is 2.78. The molecule has 2 aromatic rings. The maximum atomic E-state index is 13.0. The van der Waals surface area contributed by atoms with Crippen LogP contribution in [0.4, 0.5) is 4.39 Å². The number of rotatable bonds is 8. The maximum absolute atomic E-state index is 13.0. The molecule has 30 heavy (non-hydrogen) atoms. The third kappa shape index (κ3) is 5.33. The van der Waals surface area contributed by atoms with Crippen LogP contribution >= 0.6 is 0 Å². The Labute approximate surface area is 175 Å². The van der Waals surface area contributed by atoms with Crippen molar-refractivity contribution in [2.75, 3.05) is 47.6 Å². The number of morpholine rings is 1. The van der Waals surface area contributed by atoms with Gasteiger partial charge in [0.2, 0.25) is 11.7 Å². The highest BCUT2D eigenvalue weighted by Gasteiger charge is 2.25. The molecule has 7 nitrogen and oxygen atoms in total. The topological polar surface area (TPSA) is 66.5 Å². The molecule has 8 heteroatoms. The van der Waals surface area contributed by atoms with Crippen molar-refractivity contribution in [2.45, 2.75) is 12.5 Å². The average molecular weight is 419 g/mol. The van der Waals surface area contributed by atoms with Gasteiger partial charge in [0, 0.05) is 6.54 Å². The Balaban J connectivity index is 1.60. The monoisotopic (exact) mass is 419 g/mol. The molecule has 0 radical (unpaired) electrons. The van der Waals surface area contributed by atoms with Gasteiger partial charge in [0.15, 0.2) is 11.5 Å². The van der Waals surface area contributed by atoms with Crippen molar-refractivity contribution < 1.29 is 32.9 Å². The van der Waals surface area contributed by atoms with Crippen LogP contribution in [0.2, 0.25) is 0 Å². The smallest absolute Gasteiger partial charge is 0.227 e. The van der Waals surface area contributed by atoms with Crippen LogP contribution in [0.1, 0.15) is 5.56 Å². The number of methoxy groups -OCH3 is 3. The SMILES string of the molecule is COc1cc(CC(=O)N2CCOC(COc3ccc(F)cc3)C2)cc(OC)c1OC. The molecule has 3 rings (SSSR count). The predicted molar refractivity (Wildman–Crippen MR) is 108 cm³/mol. The number of amides is 1. The third-order valence-electron chi connectivity index (χ3n) is 4.82. The first-order chi connectivity index (χ1) is 14.5. The quantitative estimate of drug-likeness (QED) is 0.656. The van der Waals surface area contributed by atoms with Crippen molar-refractivity contribution in [3.8, 4) is 23.0 Å². The molecular weight excluding hydrogens is 393 g/mol. The molecule has 1 saturated heterocycles. The van der Waals surface area contributed by atoms with E-state index in [0.29, 0.717) is 42.7 Å². The van der Waals surface area contributed by atoms with E-state index in [9.17, 15) is 9.18 Å². The number of hydrogen-bond acceptors (Lipinski definition) is 6. The lowest BCUT2D eigenvalue weighted by Crippen LogP contribution is -2.48. The largest absolute Gasteiger partial charge is 0.493 e. The van der Waals surface area contributed by atoms with Crippen LogP contribution < -0.4 is 18.9 Å². The summed E-state index contributed by atoms with van der Waals surface area (Å²) in [7, 11) is 4.61. The molecule has 162 valence electrons. The first kappa shape index (κ1) is 21.7. The first-order valence-corrected chi connectivity index (χ1v) is 9.60. The van der Waals surface area contributed by atoms with Crippen molar-refractivity contribution in [1.82, 2.24) is 4.90 Å². The van der Waals surface area contributed by atoms with E-state index in [1.807, 2.05) is 0 Å². The second kappa shape index (κ2) is 10.2. The lowest BCUT2D eigenvalue weighted by Gasteiger charge is -2.33. The predicted octanol–water partition coefficient (Wildman–Crippen LogP) is 2.70. The molecule has 0 saturated carbocycles. The van der Waals surface area contributed by atoms with E-state index in [0.717, 1.165) is 5.56 Å². The van der Waals surface area contributed by atoms with Gasteiger partial charge >= 0.3 is 0 Å². The van der Waals surface area contributed by atoms with Crippen molar-refractivity contribution in [3.63, 3.8) is 0 Å². The minimum absolute atomic E-state index is 0.0284. The molecule has 1 aliphatic heterocycles. The van der Waals surface area contributed by atoms with Crippen LogP contribution in [-0.2, 0) is 16.0 Å². The highest BCUT2D eigenvalue weighted by molar-refractivity contribution is 5.79. The standard InChI is InChI=1S/C22H26FNO6/c1-26-19-10-15(11-20(27-2)22(19)28-3)12-21(25)24-8-9-29-18(13-24)14-30-17-6-4-16(23)5-7-17/h4-7,10-11,18H,8-9,12-14H2,1-3H3. The van der Waals surface area contributed by atoms with E-state index >= 15 is 0 Å².